The van der Waals surface area contributed by atoms with Crippen molar-refractivity contribution in [3.63, 3.8) is 0 Å². The van der Waals surface area contributed by atoms with E-state index < -0.39 is 12.8 Å². The fourth-order valence-corrected chi connectivity index (χ4v) is 2.36. The van der Waals surface area contributed by atoms with E-state index in [1.54, 1.807) is 7.05 Å². The molecule has 2 N–H and O–H groups in total. The molecule has 0 amide bonds. The number of hydrogen-bond acceptors (Lipinski definition) is 2. The third-order valence-electron chi connectivity index (χ3n) is 3.60. The molecule has 0 heterocycles. The van der Waals surface area contributed by atoms with Gasteiger partial charge in [0, 0.05) is 26.2 Å². The van der Waals surface area contributed by atoms with Gasteiger partial charge in [-0.2, -0.15) is 13.2 Å². The van der Waals surface area contributed by atoms with Gasteiger partial charge in [-0.1, -0.05) is 6.92 Å². The lowest BCUT2D eigenvalue weighted by Crippen LogP contribution is -2.45. The second-order valence-electron chi connectivity index (χ2n) is 5.62. The van der Waals surface area contributed by atoms with Crippen molar-refractivity contribution in [1.29, 1.82) is 0 Å². The molecule has 1 fully saturated rings. The van der Waals surface area contributed by atoms with Crippen molar-refractivity contribution in [1.82, 2.24) is 10.6 Å². The molecule has 0 atom stereocenters. The summed E-state index contributed by atoms with van der Waals surface area (Å²) in [6.45, 7) is 1.72. The normalized spacial score (nSPS) is 24.0. The number of halogens is 3. The summed E-state index contributed by atoms with van der Waals surface area (Å²) in [5.41, 5.74) is 0. The van der Waals surface area contributed by atoms with E-state index in [9.17, 15) is 13.2 Å². The Kier molecular flexibility index (Phi) is 7.85. The molecule has 0 saturated heterocycles. The fourth-order valence-electron chi connectivity index (χ4n) is 2.36. The maximum Gasteiger partial charge on any atom is 0.411 e. The van der Waals surface area contributed by atoms with Gasteiger partial charge >= 0.3 is 6.18 Å². The highest BCUT2D eigenvalue weighted by molar-refractivity contribution is 5.79. The molecule has 124 valence electrons. The van der Waals surface area contributed by atoms with Crippen molar-refractivity contribution in [3.05, 3.63) is 0 Å². The number of hydrogen-bond donors (Lipinski definition) is 2. The van der Waals surface area contributed by atoms with Crippen LogP contribution in [0.25, 0.3) is 0 Å². The van der Waals surface area contributed by atoms with Gasteiger partial charge in [0.25, 0.3) is 0 Å². The van der Waals surface area contributed by atoms with E-state index in [0.717, 1.165) is 18.8 Å². The molecule has 1 aliphatic carbocycles. The first-order chi connectivity index (χ1) is 9.90. The molecule has 0 aromatic heterocycles. The molecular weight excluding hydrogens is 283 g/mol. The van der Waals surface area contributed by atoms with Crippen molar-refractivity contribution in [3.8, 4) is 0 Å². The van der Waals surface area contributed by atoms with Gasteiger partial charge in [0.1, 0.15) is 6.61 Å². The third kappa shape index (κ3) is 8.80. The summed E-state index contributed by atoms with van der Waals surface area (Å²) in [5, 5.41) is 6.46. The summed E-state index contributed by atoms with van der Waals surface area (Å²) in [4.78, 5) is 4.13. The molecular formula is C14H26F3N3O. The zero-order valence-electron chi connectivity index (χ0n) is 12.8. The van der Waals surface area contributed by atoms with Crippen LogP contribution in [0.4, 0.5) is 13.2 Å². The Labute approximate surface area is 124 Å². The number of ether oxygens (including phenoxy) is 1. The van der Waals surface area contributed by atoms with E-state index >= 15 is 0 Å². The molecule has 0 aliphatic heterocycles. The average Bonchev–Trinajstić information content (AvgIpc) is 2.42. The molecule has 1 aliphatic rings. The molecule has 1 saturated carbocycles. The summed E-state index contributed by atoms with van der Waals surface area (Å²) >= 11 is 0. The Bertz CT molecular complexity index is 313. The maximum absolute atomic E-state index is 11.9. The van der Waals surface area contributed by atoms with Gasteiger partial charge in [0.15, 0.2) is 5.96 Å². The number of nitrogens with zero attached hydrogens (tertiary/aromatic N) is 1. The topological polar surface area (TPSA) is 45.7 Å². The number of alkyl halides is 3. The van der Waals surface area contributed by atoms with Crippen LogP contribution in [-0.4, -0.2) is 45.0 Å². The first-order valence-electron chi connectivity index (χ1n) is 7.52. The minimum absolute atomic E-state index is 0.0877. The highest BCUT2D eigenvalue weighted by atomic mass is 19.4. The van der Waals surface area contributed by atoms with Crippen molar-refractivity contribution in [2.24, 2.45) is 10.9 Å². The number of guanidine groups is 1. The van der Waals surface area contributed by atoms with Gasteiger partial charge in [-0.15, -0.1) is 0 Å². The van der Waals surface area contributed by atoms with Gasteiger partial charge in [-0.05, 0) is 38.0 Å². The quantitative estimate of drug-likeness (QED) is 0.450. The van der Waals surface area contributed by atoms with Gasteiger partial charge in [-0.25, -0.2) is 0 Å². The molecule has 0 radical (unpaired) electrons. The summed E-state index contributed by atoms with van der Waals surface area (Å²) in [6, 6.07) is 0.439. The summed E-state index contributed by atoms with van der Waals surface area (Å²) in [7, 11) is 1.70. The molecule has 0 bridgehead atoms. The Hall–Kier alpha value is -0.980. The van der Waals surface area contributed by atoms with E-state index in [1.165, 1.54) is 12.8 Å². The van der Waals surface area contributed by atoms with Crippen molar-refractivity contribution < 1.29 is 17.9 Å². The Morgan fingerprint density at radius 3 is 2.48 bits per heavy atom. The second-order valence-corrected chi connectivity index (χ2v) is 5.62. The molecule has 4 nitrogen and oxygen atoms in total. The zero-order chi connectivity index (χ0) is 15.7. The van der Waals surface area contributed by atoms with Crippen LogP contribution in [0.2, 0.25) is 0 Å². The lowest BCUT2D eigenvalue weighted by Gasteiger charge is -2.28. The SMILES string of the molecule is CN=C(NCCCOCC(F)(F)F)NC1CCC(C)CC1. The number of aliphatic imine (C=N–C) groups is 1. The lowest BCUT2D eigenvalue weighted by molar-refractivity contribution is -0.173. The van der Waals surface area contributed by atoms with E-state index in [2.05, 4.69) is 27.3 Å². The van der Waals surface area contributed by atoms with Gasteiger partial charge in [0.05, 0.1) is 0 Å². The predicted octanol–water partition coefficient (Wildman–Crippen LogP) is 2.70. The van der Waals surface area contributed by atoms with Crippen molar-refractivity contribution in [2.45, 2.75) is 51.2 Å². The van der Waals surface area contributed by atoms with E-state index in [4.69, 9.17) is 0 Å². The second kappa shape index (κ2) is 9.12. The van der Waals surface area contributed by atoms with Crippen LogP contribution in [0, 0.1) is 5.92 Å². The average molecular weight is 309 g/mol. The number of rotatable bonds is 6. The van der Waals surface area contributed by atoms with Crippen LogP contribution in [0.1, 0.15) is 39.0 Å². The van der Waals surface area contributed by atoms with Crippen LogP contribution >= 0.6 is 0 Å². The standard InChI is InChI=1S/C14H26F3N3O/c1-11-4-6-12(7-5-11)20-13(18-2)19-8-3-9-21-10-14(15,16)17/h11-12H,3-10H2,1-2H3,(H2,18,19,20). The van der Waals surface area contributed by atoms with Crippen LogP contribution in [0.5, 0.6) is 0 Å². The Morgan fingerprint density at radius 1 is 1.24 bits per heavy atom. The highest BCUT2D eigenvalue weighted by Crippen LogP contribution is 2.23. The molecule has 0 unspecified atom stereocenters. The molecule has 21 heavy (non-hydrogen) atoms. The van der Waals surface area contributed by atoms with Crippen molar-refractivity contribution >= 4 is 5.96 Å². The zero-order valence-corrected chi connectivity index (χ0v) is 12.8. The minimum atomic E-state index is -4.25. The van der Waals surface area contributed by atoms with Gasteiger partial charge in [0.2, 0.25) is 0 Å². The molecule has 1 rings (SSSR count). The Balaban J connectivity index is 2.09. The maximum atomic E-state index is 11.9. The van der Waals surface area contributed by atoms with Gasteiger partial charge < -0.3 is 15.4 Å². The summed E-state index contributed by atoms with van der Waals surface area (Å²) in [5.74, 6) is 1.51. The largest absolute Gasteiger partial charge is 0.411 e. The fraction of sp³-hybridized carbons (Fsp3) is 0.929. The van der Waals surface area contributed by atoms with E-state index in [0.29, 0.717) is 25.0 Å². The first-order valence-corrected chi connectivity index (χ1v) is 7.52. The van der Waals surface area contributed by atoms with Crippen LogP contribution in [0.15, 0.2) is 4.99 Å². The van der Waals surface area contributed by atoms with E-state index in [1.807, 2.05) is 0 Å². The van der Waals surface area contributed by atoms with Crippen LogP contribution in [0.3, 0.4) is 0 Å². The highest BCUT2D eigenvalue weighted by Gasteiger charge is 2.27. The molecule has 0 aromatic carbocycles. The summed E-state index contributed by atoms with van der Waals surface area (Å²) in [6.07, 6.45) is 0.981. The first kappa shape index (κ1) is 18.1. The predicted molar refractivity (Wildman–Crippen MR) is 77.4 cm³/mol. The minimum Gasteiger partial charge on any atom is -0.372 e. The Morgan fingerprint density at radius 2 is 1.90 bits per heavy atom. The molecule has 0 spiro atoms. The third-order valence-corrected chi connectivity index (χ3v) is 3.60. The number of nitrogens with one attached hydrogen (secondary N) is 2. The van der Waals surface area contributed by atoms with Gasteiger partial charge in [-0.3, -0.25) is 4.99 Å². The lowest BCUT2D eigenvalue weighted by atomic mass is 9.87. The molecule has 0 aromatic rings. The summed E-state index contributed by atoms with van der Waals surface area (Å²) < 4.78 is 40.1. The van der Waals surface area contributed by atoms with E-state index in [-0.39, 0.29) is 6.61 Å². The smallest absolute Gasteiger partial charge is 0.372 e. The van der Waals surface area contributed by atoms with Crippen LogP contribution in [-0.2, 0) is 4.74 Å². The van der Waals surface area contributed by atoms with Crippen molar-refractivity contribution in [2.75, 3.05) is 26.8 Å². The molecule has 7 heteroatoms. The monoisotopic (exact) mass is 309 g/mol. The van der Waals surface area contributed by atoms with Crippen LogP contribution < -0.4 is 10.6 Å².